The van der Waals surface area contributed by atoms with Crippen LogP contribution in [0, 0.1) is 17.8 Å². The Hall–Kier alpha value is -1.48. The average molecular weight is 310 g/mol. The van der Waals surface area contributed by atoms with Gasteiger partial charge < -0.3 is 9.72 Å². The topological polar surface area (TPSA) is 28.3 Å². The molecule has 1 aromatic heterocycles. The predicted octanol–water partition coefficient (Wildman–Crippen LogP) is 3.79. The lowest BCUT2D eigenvalue weighted by Crippen LogP contribution is -2.38. The van der Waals surface area contributed by atoms with E-state index >= 15 is 0 Å². The Kier molecular flexibility index (Phi) is 2.88. The highest BCUT2D eigenvalue weighted by molar-refractivity contribution is 5.86. The summed E-state index contributed by atoms with van der Waals surface area (Å²) < 4.78 is 5.45. The van der Waals surface area contributed by atoms with Crippen LogP contribution in [0.2, 0.25) is 0 Å². The number of fused-ring (bicyclic) bond motifs is 5. The second-order valence-electron chi connectivity index (χ2n) is 8.09. The van der Waals surface area contributed by atoms with E-state index in [4.69, 9.17) is 4.74 Å². The first-order chi connectivity index (χ1) is 11.2. The van der Waals surface area contributed by atoms with E-state index in [2.05, 4.69) is 41.9 Å². The molecule has 0 radical (unpaired) electrons. The van der Waals surface area contributed by atoms with Gasteiger partial charge in [0, 0.05) is 41.6 Å². The lowest BCUT2D eigenvalue weighted by molar-refractivity contribution is 0.185. The molecule has 3 nitrogen and oxygen atoms in total. The Morgan fingerprint density at radius 2 is 2.17 bits per heavy atom. The molecule has 3 aliphatic rings. The lowest BCUT2D eigenvalue weighted by atomic mass is 9.86. The Bertz CT molecular complexity index is 762. The summed E-state index contributed by atoms with van der Waals surface area (Å²) in [5.41, 5.74) is 4.38. The molecule has 3 heteroatoms. The highest BCUT2D eigenvalue weighted by Crippen LogP contribution is 2.55. The maximum atomic E-state index is 5.45. The van der Waals surface area contributed by atoms with Crippen molar-refractivity contribution in [2.45, 2.75) is 38.6 Å². The van der Waals surface area contributed by atoms with E-state index < -0.39 is 0 Å². The minimum Gasteiger partial charge on any atom is -0.497 e. The highest BCUT2D eigenvalue weighted by atomic mass is 16.5. The molecule has 1 aliphatic carbocycles. The number of aromatic nitrogens is 1. The summed E-state index contributed by atoms with van der Waals surface area (Å²) in [6.07, 6.45) is 2.55. The van der Waals surface area contributed by atoms with Crippen LogP contribution in [0.25, 0.3) is 10.9 Å². The summed E-state index contributed by atoms with van der Waals surface area (Å²) >= 11 is 0. The molecular formula is C20H26N2O. The van der Waals surface area contributed by atoms with Crippen LogP contribution in [0.4, 0.5) is 0 Å². The number of rotatable bonds is 2. The van der Waals surface area contributed by atoms with Gasteiger partial charge in [0.25, 0.3) is 0 Å². The van der Waals surface area contributed by atoms with Crippen molar-refractivity contribution in [1.29, 1.82) is 0 Å². The molecule has 2 aliphatic heterocycles. The number of aromatic amines is 1. The van der Waals surface area contributed by atoms with Gasteiger partial charge in [-0.1, -0.05) is 13.8 Å². The van der Waals surface area contributed by atoms with Crippen LogP contribution in [0.15, 0.2) is 18.2 Å². The number of ether oxygens (including phenoxy) is 1. The summed E-state index contributed by atoms with van der Waals surface area (Å²) in [4.78, 5) is 6.59. The Balaban J connectivity index is 1.65. The molecule has 0 unspecified atom stereocenters. The third kappa shape index (κ3) is 1.80. The molecule has 1 N–H and O–H groups in total. The first kappa shape index (κ1) is 13.9. The molecule has 1 saturated heterocycles. The molecule has 23 heavy (non-hydrogen) atoms. The standard InChI is InChI=1S/C20H26N2O/c1-11(2)18-12-8-16-19-14(6-7-22(10-12)20(16)18)15-9-13(23-3)4-5-17(15)21-19/h4-5,9,11-12,16,18,20-21H,6-8,10H2,1-3H3/t12-,16+,18+,20-/m1/s1. The molecule has 122 valence electrons. The SMILES string of the molecule is COc1ccc2[nH]c3c(c2c1)CCN1C[C@H]2C[C@@H]3[C@@H]1[C@H]2C(C)C. The van der Waals surface area contributed by atoms with Gasteiger partial charge in [-0.25, -0.2) is 0 Å². The zero-order valence-corrected chi connectivity index (χ0v) is 14.3. The molecule has 5 rings (SSSR count). The number of piperidine rings is 1. The van der Waals surface area contributed by atoms with E-state index in [1.165, 1.54) is 42.5 Å². The highest BCUT2D eigenvalue weighted by Gasteiger charge is 2.55. The van der Waals surface area contributed by atoms with E-state index in [1.807, 2.05) is 0 Å². The quantitative estimate of drug-likeness (QED) is 0.914. The first-order valence-corrected chi connectivity index (χ1v) is 9.10. The summed E-state index contributed by atoms with van der Waals surface area (Å²) in [5.74, 6) is 4.25. The molecule has 4 atom stereocenters. The van der Waals surface area contributed by atoms with Crippen LogP contribution >= 0.6 is 0 Å². The van der Waals surface area contributed by atoms with E-state index in [-0.39, 0.29) is 0 Å². The van der Waals surface area contributed by atoms with Gasteiger partial charge in [0.15, 0.2) is 0 Å². The summed E-state index contributed by atoms with van der Waals surface area (Å²) in [6.45, 7) is 7.39. The number of hydrogen-bond acceptors (Lipinski definition) is 2. The second-order valence-corrected chi connectivity index (χ2v) is 8.09. The van der Waals surface area contributed by atoms with Gasteiger partial charge in [0.05, 0.1) is 7.11 Å². The molecule has 2 bridgehead atoms. The Labute approximate surface area is 138 Å². The number of H-pyrrole nitrogens is 1. The fourth-order valence-electron chi connectivity index (χ4n) is 5.97. The molecule has 2 fully saturated rings. The van der Waals surface area contributed by atoms with Crippen molar-refractivity contribution in [1.82, 2.24) is 9.88 Å². The van der Waals surface area contributed by atoms with Crippen LogP contribution in [0.3, 0.4) is 0 Å². The van der Waals surface area contributed by atoms with E-state index in [9.17, 15) is 0 Å². The Morgan fingerprint density at radius 1 is 1.30 bits per heavy atom. The fourth-order valence-corrected chi connectivity index (χ4v) is 5.97. The predicted molar refractivity (Wildman–Crippen MR) is 93.1 cm³/mol. The largest absolute Gasteiger partial charge is 0.497 e. The van der Waals surface area contributed by atoms with E-state index in [0.717, 1.165) is 29.5 Å². The van der Waals surface area contributed by atoms with E-state index in [0.29, 0.717) is 5.92 Å². The van der Waals surface area contributed by atoms with Crippen molar-refractivity contribution >= 4 is 10.9 Å². The molecule has 2 aromatic rings. The zero-order chi connectivity index (χ0) is 15.7. The molecular weight excluding hydrogens is 284 g/mol. The third-order valence-electron chi connectivity index (χ3n) is 6.73. The number of hydrogen-bond donors (Lipinski definition) is 1. The van der Waals surface area contributed by atoms with Gasteiger partial charge in [0.2, 0.25) is 0 Å². The smallest absolute Gasteiger partial charge is 0.119 e. The van der Waals surface area contributed by atoms with Gasteiger partial charge in [-0.15, -0.1) is 0 Å². The third-order valence-corrected chi connectivity index (χ3v) is 6.73. The normalized spacial score (nSPS) is 32.5. The summed E-state index contributed by atoms with van der Waals surface area (Å²) in [5, 5.41) is 1.38. The van der Waals surface area contributed by atoms with Crippen LogP contribution in [-0.2, 0) is 6.42 Å². The fraction of sp³-hybridized carbons (Fsp3) is 0.600. The van der Waals surface area contributed by atoms with Crippen molar-refractivity contribution in [3.05, 3.63) is 29.5 Å². The molecule has 3 heterocycles. The minimum atomic E-state index is 0.706. The first-order valence-electron chi connectivity index (χ1n) is 9.10. The Morgan fingerprint density at radius 3 is 2.91 bits per heavy atom. The van der Waals surface area contributed by atoms with Gasteiger partial charge in [-0.3, -0.25) is 4.90 Å². The summed E-state index contributed by atoms with van der Waals surface area (Å²) in [6, 6.07) is 7.24. The van der Waals surface area contributed by atoms with Gasteiger partial charge in [0.1, 0.15) is 5.75 Å². The number of nitrogens with zero attached hydrogens (tertiary/aromatic N) is 1. The second kappa shape index (κ2) is 4.76. The van der Waals surface area contributed by atoms with Crippen molar-refractivity contribution in [3.63, 3.8) is 0 Å². The monoisotopic (exact) mass is 310 g/mol. The number of nitrogens with one attached hydrogen (secondary N) is 1. The van der Waals surface area contributed by atoms with Gasteiger partial charge in [-0.2, -0.15) is 0 Å². The number of methoxy groups -OCH3 is 1. The van der Waals surface area contributed by atoms with Crippen LogP contribution < -0.4 is 4.74 Å². The molecule has 0 amide bonds. The minimum absolute atomic E-state index is 0.706. The maximum Gasteiger partial charge on any atom is 0.119 e. The zero-order valence-electron chi connectivity index (χ0n) is 14.3. The molecule has 0 spiro atoms. The molecule has 1 saturated carbocycles. The van der Waals surface area contributed by atoms with Crippen LogP contribution in [-0.4, -0.2) is 36.1 Å². The number of benzene rings is 1. The van der Waals surface area contributed by atoms with E-state index in [1.54, 1.807) is 12.7 Å². The van der Waals surface area contributed by atoms with Gasteiger partial charge in [-0.05, 0) is 54.4 Å². The van der Waals surface area contributed by atoms with Crippen molar-refractivity contribution in [3.8, 4) is 5.75 Å². The summed E-state index contributed by atoms with van der Waals surface area (Å²) in [7, 11) is 1.76. The van der Waals surface area contributed by atoms with Crippen LogP contribution in [0.5, 0.6) is 5.75 Å². The molecule has 1 aromatic carbocycles. The van der Waals surface area contributed by atoms with Crippen LogP contribution in [0.1, 0.15) is 37.4 Å². The maximum absolute atomic E-state index is 5.45. The average Bonchev–Trinajstić information content (AvgIpc) is 3.19. The van der Waals surface area contributed by atoms with Crippen molar-refractivity contribution in [2.75, 3.05) is 20.2 Å². The van der Waals surface area contributed by atoms with Gasteiger partial charge >= 0.3 is 0 Å². The lowest BCUT2D eigenvalue weighted by Gasteiger charge is -2.31. The van der Waals surface area contributed by atoms with Crippen molar-refractivity contribution < 1.29 is 4.74 Å². The van der Waals surface area contributed by atoms with Crippen molar-refractivity contribution in [2.24, 2.45) is 17.8 Å².